The molecule has 0 aliphatic rings. The first-order valence-corrected chi connectivity index (χ1v) is 6.69. The van der Waals surface area contributed by atoms with Gasteiger partial charge >= 0.3 is 13.6 Å². The van der Waals surface area contributed by atoms with Crippen LogP contribution >= 0.6 is 7.60 Å². The maximum atomic E-state index is 11.0. The Morgan fingerprint density at radius 3 is 2.13 bits per heavy atom. The molecule has 0 saturated carbocycles. The molecule has 0 rings (SSSR count). The summed E-state index contributed by atoms with van der Waals surface area (Å²) >= 11 is 0. The molecule has 0 aliphatic heterocycles. The van der Waals surface area contributed by atoms with E-state index in [0.29, 0.717) is 12.8 Å². The van der Waals surface area contributed by atoms with E-state index in [1.54, 1.807) is 0 Å². The lowest BCUT2D eigenvalue weighted by Crippen LogP contribution is -2.35. The van der Waals surface area contributed by atoms with Crippen molar-refractivity contribution in [3.8, 4) is 0 Å². The fraction of sp³-hybridized carbons (Fsp3) is 0.889. The topological polar surface area (TPSA) is 94.8 Å². The SMILES string of the molecule is CCCC(CP(=O)(O)O)C(C)(C)C(=O)O. The molecule has 0 bridgehead atoms. The van der Waals surface area contributed by atoms with Crippen molar-refractivity contribution in [3.05, 3.63) is 0 Å². The van der Waals surface area contributed by atoms with Crippen LogP contribution in [0.1, 0.15) is 33.6 Å². The van der Waals surface area contributed by atoms with Crippen molar-refractivity contribution in [2.75, 3.05) is 6.16 Å². The third kappa shape index (κ3) is 4.78. The Labute approximate surface area is 89.7 Å². The van der Waals surface area contributed by atoms with E-state index < -0.39 is 24.9 Å². The quantitative estimate of drug-likeness (QED) is 0.612. The van der Waals surface area contributed by atoms with Gasteiger partial charge in [-0.3, -0.25) is 9.36 Å². The van der Waals surface area contributed by atoms with Crippen LogP contribution in [-0.4, -0.2) is 27.0 Å². The number of carboxylic acids is 1. The summed E-state index contributed by atoms with van der Waals surface area (Å²) in [6.07, 6.45) is 0.853. The van der Waals surface area contributed by atoms with Crippen LogP contribution in [0.15, 0.2) is 0 Å². The number of rotatable bonds is 6. The standard InChI is InChI=1S/C9H19O5P/c1-4-5-7(6-15(12,13)14)9(2,3)8(10)11/h7H,4-6H2,1-3H3,(H,10,11)(H2,12,13,14). The van der Waals surface area contributed by atoms with Crippen LogP contribution < -0.4 is 0 Å². The number of hydrogen-bond acceptors (Lipinski definition) is 2. The Kier molecular flexibility index (Phi) is 4.97. The van der Waals surface area contributed by atoms with Crippen molar-refractivity contribution in [2.24, 2.45) is 11.3 Å². The Morgan fingerprint density at radius 2 is 1.87 bits per heavy atom. The Balaban J connectivity index is 4.81. The van der Waals surface area contributed by atoms with Crippen LogP contribution in [0.25, 0.3) is 0 Å². The average Bonchev–Trinajstić information content (AvgIpc) is 2.00. The largest absolute Gasteiger partial charge is 0.481 e. The molecule has 3 N–H and O–H groups in total. The van der Waals surface area contributed by atoms with E-state index in [-0.39, 0.29) is 6.16 Å². The third-order valence-corrected chi connectivity index (χ3v) is 3.58. The molecule has 0 aromatic heterocycles. The first-order chi connectivity index (χ1) is 6.61. The minimum atomic E-state index is -4.15. The lowest BCUT2D eigenvalue weighted by Gasteiger charge is -2.30. The van der Waals surface area contributed by atoms with E-state index in [4.69, 9.17) is 14.9 Å². The molecule has 6 heteroatoms. The molecule has 0 aromatic carbocycles. The predicted octanol–water partition coefficient (Wildman–Crippen LogP) is 1.69. The molecule has 0 spiro atoms. The summed E-state index contributed by atoms with van der Waals surface area (Å²) in [6.45, 7) is 4.88. The number of aliphatic carboxylic acids is 1. The highest BCUT2D eigenvalue weighted by atomic mass is 31.2. The van der Waals surface area contributed by atoms with Crippen molar-refractivity contribution in [3.63, 3.8) is 0 Å². The van der Waals surface area contributed by atoms with E-state index in [1.807, 2.05) is 6.92 Å². The van der Waals surface area contributed by atoms with Gasteiger partial charge in [0.1, 0.15) is 0 Å². The molecule has 15 heavy (non-hydrogen) atoms. The molecule has 0 fully saturated rings. The van der Waals surface area contributed by atoms with Crippen LogP contribution in [0.3, 0.4) is 0 Å². The van der Waals surface area contributed by atoms with Crippen molar-refractivity contribution in [1.29, 1.82) is 0 Å². The van der Waals surface area contributed by atoms with Gasteiger partial charge in [0.15, 0.2) is 0 Å². The fourth-order valence-electron chi connectivity index (χ4n) is 1.49. The van der Waals surface area contributed by atoms with Gasteiger partial charge in [-0.1, -0.05) is 13.3 Å². The smallest absolute Gasteiger partial charge is 0.325 e. The summed E-state index contributed by atoms with van der Waals surface area (Å²) in [6, 6.07) is 0. The summed E-state index contributed by atoms with van der Waals surface area (Å²) in [7, 11) is -4.15. The number of carbonyl (C=O) groups is 1. The second-order valence-corrected chi connectivity index (χ2v) is 6.05. The monoisotopic (exact) mass is 238 g/mol. The Morgan fingerprint density at radius 1 is 1.40 bits per heavy atom. The average molecular weight is 238 g/mol. The molecule has 90 valence electrons. The first-order valence-electron chi connectivity index (χ1n) is 4.89. The zero-order valence-electron chi connectivity index (χ0n) is 9.30. The molecule has 5 nitrogen and oxygen atoms in total. The van der Waals surface area contributed by atoms with Gasteiger partial charge in [-0.05, 0) is 26.2 Å². The molecule has 0 saturated heterocycles. The molecule has 1 unspecified atom stereocenters. The molecule has 0 amide bonds. The van der Waals surface area contributed by atoms with Gasteiger partial charge in [-0.15, -0.1) is 0 Å². The molecule has 0 aliphatic carbocycles. The number of carboxylic acid groups (broad SMARTS) is 1. The summed E-state index contributed by atoms with van der Waals surface area (Å²) in [4.78, 5) is 28.7. The van der Waals surface area contributed by atoms with Gasteiger partial charge in [0.2, 0.25) is 0 Å². The van der Waals surface area contributed by atoms with Crippen molar-refractivity contribution in [1.82, 2.24) is 0 Å². The zero-order valence-corrected chi connectivity index (χ0v) is 10.2. The Hall–Kier alpha value is -0.380. The van der Waals surface area contributed by atoms with Gasteiger partial charge < -0.3 is 14.9 Å². The normalized spacial score (nSPS) is 15.0. The summed E-state index contributed by atoms with van der Waals surface area (Å²) < 4.78 is 10.9. The van der Waals surface area contributed by atoms with E-state index in [1.165, 1.54) is 13.8 Å². The van der Waals surface area contributed by atoms with E-state index in [9.17, 15) is 9.36 Å². The van der Waals surface area contributed by atoms with Gasteiger partial charge in [-0.2, -0.15) is 0 Å². The van der Waals surface area contributed by atoms with E-state index in [2.05, 4.69) is 0 Å². The zero-order chi connectivity index (χ0) is 12.3. The van der Waals surface area contributed by atoms with Crippen molar-refractivity contribution in [2.45, 2.75) is 33.6 Å². The van der Waals surface area contributed by atoms with Crippen LogP contribution in [0.5, 0.6) is 0 Å². The molecular weight excluding hydrogens is 219 g/mol. The summed E-state index contributed by atoms with van der Waals surface area (Å²) in [5.74, 6) is -1.52. The van der Waals surface area contributed by atoms with Gasteiger partial charge in [0.25, 0.3) is 0 Å². The minimum Gasteiger partial charge on any atom is -0.481 e. The molecule has 0 heterocycles. The second kappa shape index (κ2) is 5.10. The molecule has 1 atom stereocenters. The molecule has 0 aromatic rings. The fourth-order valence-corrected chi connectivity index (χ4v) is 2.70. The van der Waals surface area contributed by atoms with E-state index in [0.717, 1.165) is 0 Å². The van der Waals surface area contributed by atoms with Crippen molar-refractivity contribution >= 4 is 13.6 Å². The highest BCUT2D eigenvalue weighted by molar-refractivity contribution is 7.51. The summed E-state index contributed by atoms with van der Waals surface area (Å²) in [5, 5.41) is 8.98. The van der Waals surface area contributed by atoms with Gasteiger partial charge in [0, 0.05) is 0 Å². The summed E-state index contributed by atoms with van der Waals surface area (Å²) in [5.41, 5.74) is -1.10. The maximum absolute atomic E-state index is 11.0. The van der Waals surface area contributed by atoms with Crippen LogP contribution in [0.2, 0.25) is 0 Å². The maximum Gasteiger partial charge on any atom is 0.325 e. The van der Waals surface area contributed by atoms with Gasteiger partial charge in [0.05, 0.1) is 11.6 Å². The minimum absolute atomic E-state index is 0.361. The van der Waals surface area contributed by atoms with Crippen LogP contribution in [0, 0.1) is 11.3 Å². The number of hydrogen-bond donors (Lipinski definition) is 3. The van der Waals surface area contributed by atoms with Gasteiger partial charge in [-0.25, -0.2) is 0 Å². The van der Waals surface area contributed by atoms with Crippen LogP contribution in [0.4, 0.5) is 0 Å². The third-order valence-electron chi connectivity index (χ3n) is 2.67. The van der Waals surface area contributed by atoms with Crippen molar-refractivity contribution < 1.29 is 24.3 Å². The van der Waals surface area contributed by atoms with E-state index >= 15 is 0 Å². The first kappa shape index (κ1) is 14.6. The second-order valence-electron chi connectivity index (χ2n) is 4.36. The lowest BCUT2D eigenvalue weighted by atomic mass is 9.77. The molecular formula is C9H19O5P. The predicted molar refractivity (Wildman–Crippen MR) is 56.7 cm³/mol. The highest BCUT2D eigenvalue weighted by Gasteiger charge is 2.39. The van der Waals surface area contributed by atoms with Crippen LogP contribution in [-0.2, 0) is 9.36 Å². The molecule has 0 radical (unpaired) electrons. The lowest BCUT2D eigenvalue weighted by molar-refractivity contribution is -0.149. The Bertz CT molecular complexity index is 268. The highest BCUT2D eigenvalue weighted by Crippen LogP contribution is 2.44.